The first-order chi connectivity index (χ1) is 54.1. The topological polar surface area (TPSA) is 115 Å². The summed E-state index contributed by atoms with van der Waals surface area (Å²) in [5, 5.41) is -4.31. The molecule has 8 aromatic carbocycles. The third-order valence-electron chi connectivity index (χ3n) is 19.5. The summed E-state index contributed by atoms with van der Waals surface area (Å²) in [7, 11) is 0. The van der Waals surface area contributed by atoms with E-state index in [0.29, 0.717) is 72.8 Å². The van der Waals surface area contributed by atoms with E-state index in [4.69, 9.17) is 0 Å². The molecule has 0 fully saturated rings. The smallest absolute Gasteiger partial charge is 0.200 e. The first kappa shape index (κ1) is 72.0. The molecule has 16 aromatic rings. The highest BCUT2D eigenvalue weighted by atomic mass is 19.2. The van der Waals surface area contributed by atoms with E-state index in [1.807, 2.05) is 0 Å². The maximum absolute atomic E-state index is 17.1. The second-order valence-electron chi connectivity index (χ2n) is 25.4. The number of nitrogens with zero attached hydrogens (tertiary/aromatic N) is 4. The minimum absolute atomic E-state index is 0.524. The van der Waals surface area contributed by atoms with Gasteiger partial charge in [-0.15, -0.1) is 0 Å². The highest BCUT2D eigenvalue weighted by Crippen LogP contribution is 2.52. The lowest BCUT2D eigenvalue weighted by molar-refractivity contribution is 0.381. The number of aromatic nitrogens is 8. The lowest BCUT2D eigenvalue weighted by Crippen LogP contribution is -2.05. The van der Waals surface area contributed by atoms with Crippen molar-refractivity contribution >= 4 is 123 Å². The molecular formula is C76H16F30N8. The van der Waals surface area contributed by atoms with Crippen molar-refractivity contribution in [3.05, 3.63) is 246 Å². The van der Waals surface area contributed by atoms with Crippen LogP contribution in [0.2, 0.25) is 0 Å². The summed E-state index contributed by atoms with van der Waals surface area (Å²) in [4.78, 5) is 27.1. The molecule has 0 aliphatic carbocycles. The van der Waals surface area contributed by atoms with Gasteiger partial charge >= 0.3 is 0 Å². The van der Waals surface area contributed by atoms with Gasteiger partial charge in [-0.25, -0.2) is 152 Å². The maximum Gasteiger partial charge on any atom is 0.200 e. The molecular weight excluding hydrogens is 1590 g/mol. The largest absolute Gasteiger partial charge is 0.354 e. The predicted octanol–water partition coefficient (Wildman–Crippen LogP) is 23.8. The quantitative estimate of drug-likeness (QED) is 0.0754. The lowest BCUT2D eigenvalue weighted by atomic mass is 9.96. The van der Waals surface area contributed by atoms with E-state index < -0.39 is 363 Å². The Labute approximate surface area is 605 Å². The molecule has 0 atom stereocenters. The van der Waals surface area contributed by atoms with Crippen molar-refractivity contribution in [2.45, 2.75) is 0 Å². The molecule has 10 heterocycles. The molecule has 570 valence electrons. The lowest BCUT2D eigenvalue weighted by Gasteiger charge is -2.11. The van der Waals surface area contributed by atoms with Gasteiger partial charge in [0.2, 0.25) is 34.9 Å². The van der Waals surface area contributed by atoms with Crippen molar-refractivity contribution in [3.8, 4) is 66.8 Å². The molecule has 0 saturated carbocycles. The van der Waals surface area contributed by atoms with E-state index in [0.717, 1.165) is 0 Å². The van der Waals surface area contributed by atoms with Crippen LogP contribution in [0, 0.1) is 175 Å². The van der Waals surface area contributed by atoms with Crippen LogP contribution in [-0.4, -0.2) is 39.9 Å². The number of hydrogen-bond acceptors (Lipinski definition) is 4. The van der Waals surface area contributed by atoms with Crippen LogP contribution in [0.1, 0.15) is 22.8 Å². The van der Waals surface area contributed by atoms with Crippen molar-refractivity contribution in [1.82, 2.24) is 39.9 Å². The number of benzene rings is 8. The van der Waals surface area contributed by atoms with Crippen LogP contribution in [-0.2, 0) is 0 Å². The minimum atomic E-state index is -2.86. The van der Waals surface area contributed by atoms with Gasteiger partial charge in [-0.1, -0.05) is 0 Å². The van der Waals surface area contributed by atoms with Crippen molar-refractivity contribution in [2.75, 3.05) is 0 Å². The van der Waals surface area contributed by atoms with Crippen molar-refractivity contribution in [2.24, 2.45) is 0 Å². The molecule has 18 rings (SSSR count). The fourth-order valence-electron chi connectivity index (χ4n) is 14.6. The Balaban J connectivity index is 1.18. The molecule has 114 heavy (non-hydrogen) atoms. The Bertz CT molecular complexity index is 6950. The van der Waals surface area contributed by atoms with Gasteiger partial charge in [0.1, 0.15) is 0 Å². The summed E-state index contributed by atoms with van der Waals surface area (Å²) >= 11 is 0. The predicted molar refractivity (Wildman–Crippen MR) is 348 cm³/mol. The standard InChI is InChI=1S/C76H16F30N8/c77-43-37(44(78)56(90)67(101)55(43)89)31-17-1-5-21(107-17)33(39-47(81)59(93)69(103)60(94)48(39)82)25-9-13-14-10-26-34(40-49(83)61(95)70(104)62(96)50(40)84)22-6-2-18(108-22)32(38-45(79)57(91)68(102)58(92)46(38)80)20-4-8-24(110-20)36(42-53(87)65(99)72(106)66(100)54(42)88)28-12-16-30(74(14)112-26)29(73(13)111-25)15-11-27(113-75(15)76(16)114-28)35(23-7-3-19(31)109-23)41-51(85)63(97)71(105)64(98)52(41)86/h1-12,109-112H. The van der Waals surface area contributed by atoms with Gasteiger partial charge in [-0.2, -0.15) is 0 Å². The van der Waals surface area contributed by atoms with Gasteiger partial charge < -0.3 is 19.9 Å². The zero-order valence-corrected chi connectivity index (χ0v) is 54.1. The molecule has 0 spiro atoms. The molecule has 38 heteroatoms. The Morgan fingerprint density at radius 1 is 0.175 bits per heavy atom. The van der Waals surface area contributed by atoms with E-state index >= 15 is 123 Å². The van der Waals surface area contributed by atoms with E-state index in [-0.39, 0.29) is 0 Å². The number of hydrogen-bond donors (Lipinski definition) is 4. The first-order valence-corrected chi connectivity index (χ1v) is 31.7. The third-order valence-corrected chi connectivity index (χ3v) is 19.5. The van der Waals surface area contributed by atoms with Crippen LogP contribution in [0.5, 0.6) is 0 Å². The maximum atomic E-state index is 17.1. The SMILES string of the molecule is Fc1c(F)c(F)c(-c2c3nc(c(-c4c(F)c(F)c(F)c(F)c4F)c4cc5c6cc7[nH]c6c6c8cc(nc8c8nc(cc8c6c5[nH]4)c(-c4c(F)c(F)c(F)c(F)c4F)c4ccc2[nH]4)c(-c2c(F)c(F)c(F)c(F)c2F)c2ccc([nH]2)c(-c2c(F)c(F)c(F)c(F)c2F)c2nc(c7-c4c(F)c(F)c(F)c(F)c4F)C=C2)C=C3)c(F)c1F. The minimum Gasteiger partial charge on any atom is -0.354 e. The molecule has 8 aromatic heterocycles. The highest BCUT2D eigenvalue weighted by molar-refractivity contribution is 6.40. The molecule has 0 unspecified atom stereocenters. The van der Waals surface area contributed by atoms with Gasteiger partial charge in [-0.05, 0) is 72.8 Å². The molecule has 8 nitrogen and oxygen atoms in total. The second-order valence-corrected chi connectivity index (χ2v) is 25.4. The Kier molecular flexibility index (Phi) is 15.4. The van der Waals surface area contributed by atoms with Gasteiger partial charge in [0.25, 0.3) is 0 Å². The monoisotopic (exact) mass is 1610 g/mol. The van der Waals surface area contributed by atoms with Crippen LogP contribution in [0.15, 0.2) is 48.5 Å². The number of fused-ring (bicyclic) bond motifs is 14. The first-order valence-electron chi connectivity index (χ1n) is 31.7. The molecule has 16 bridgehead atoms. The summed E-state index contributed by atoms with van der Waals surface area (Å²) in [6.07, 6.45) is 2.11. The average Bonchev–Trinajstić information content (AvgIpc) is 1.53. The molecule has 2 aliphatic rings. The zero-order chi connectivity index (χ0) is 81.1. The molecule has 0 radical (unpaired) electrons. The highest BCUT2D eigenvalue weighted by Gasteiger charge is 2.39. The van der Waals surface area contributed by atoms with Crippen LogP contribution in [0.4, 0.5) is 132 Å². The van der Waals surface area contributed by atoms with Crippen LogP contribution < -0.4 is 0 Å². The van der Waals surface area contributed by atoms with Crippen LogP contribution in [0.25, 0.3) is 190 Å². The zero-order valence-electron chi connectivity index (χ0n) is 54.1. The number of H-pyrrole nitrogens is 4. The molecule has 0 saturated heterocycles. The number of rotatable bonds is 6. The van der Waals surface area contributed by atoms with Crippen molar-refractivity contribution in [3.63, 3.8) is 0 Å². The molecule has 2 aliphatic heterocycles. The van der Waals surface area contributed by atoms with E-state index in [1.165, 1.54) is 0 Å². The molecule has 4 N–H and O–H groups in total. The molecule has 0 amide bonds. The summed E-state index contributed by atoms with van der Waals surface area (Å²) in [6.45, 7) is 0. The van der Waals surface area contributed by atoms with Crippen molar-refractivity contribution in [1.29, 1.82) is 0 Å². The van der Waals surface area contributed by atoms with Crippen LogP contribution in [0.3, 0.4) is 0 Å². The normalized spacial score (nSPS) is 12.6. The number of nitrogens with one attached hydrogen (secondary N) is 4. The number of aromatic amines is 4. The van der Waals surface area contributed by atoms with Gasteiger partial charge in [0, 0.05) is 98.8 Å². The van der Waals surface area contributed by atoms with Gasteiger partial charge in [0.05, 0.1) is 89.3 Å². The Morgan fingerprint density at radius 3 is 0.596 bits per heavy atom. The fourth-order valence-corrected chi connectivity index (χ4v) is 14.6. The van der Waals surface area contributed by atoms with Crippen molar-refractivity contribution < 1.29 is 132 Å². The summed E-state index contributed by atoms with van der Waals surface area (Å²) in [6, 6.07) is 4.78. The van der Waals surface area contributed by atoms with Gasteiger partial charge in [-0.3, -0.25) is 0 Å². The average molecular weight is 1610 g/mol. The summed E-state index contributed by atoms with van der Waals surface area (Å²) in [5.41, 5.74) is -37.9. The summed E-state index contributed by atoms with van der Waals surface area (Å²) in [5.74, 6) is -83.4. The second kappa shape index (κ2) is 24.5. The summed E-state index contributed by atoms with van der Waals surface area (Å²) < 4.78 is 484. The van der Waals surface area contributed by atoms with E-state index in [1.54, 1.807) is 0 Å². The fraction of sp³-hybridized carbons (Fsp3) is 0. The van der Waals surface area contributed by atoms with Crippen LogP contribution >= 0.6 is 0 Å². The Hall–Kier alpha value is -13.6. The number of halogens is 30. The Morgan fingerprint density at radius 2 is 0.368 bits per heavy atom. The van der Waals surface area contributed by atoms with E-state index in [9.17, 15) is 8.78 Å². The third kappa shape index (κ3) is 9.45. The van der Waals surface area contributed by atoms with E-state index in [2.05, 4.69) is 39.9 Å². The van der Waals surface area contributed by atoms with Gasteiger partial charge in [0.15, 0.2) is 140 Å².